The van der Waals surface area contributed by atoms with Gasteiger partial charge >= 0.3 is 0 Å². The van der Waals surface area contributed by atoms with Crippen LogP contribution in [0.1, 0.15) is 34.5 Å². The number of aryl methyl sites for hydroxylation is 2. The number of fused-ring (bicyclic) bond motifs is 1. The van der Waals surface area contributed by atoms with Gasteiger partial charge < -0.3 is 0 Å². The van der Waals surface area contributed by atoms with Crippen molar-refractivity contribution < 1.29 is 0 Å². The maximum absolute atomic E-state index is 4.96. The molecule has 0 atom stereocenters. The summed E-state index contributed by atoms with van der Waals surface area (Å²) in [4.78, 5) is 0. The fourth-order valence-corrected chi connectivity index (χ4v) is 4.94. The zero-order valence-electron chi connectivity index (χ0n) is 16.5. The van der Waals surface area contributed by atoms with E-state index < -0.39 is 0 Å². The van der Waals surface area contributed by atoms with Gasteiger partial charge in [0.15, 0.2) is 0 Å². The van der Waals surface area contributed by atoms with E-state index in [2.05, 4.69) is 76.5 Å². The van der Waals surface area contributed by atoms with Gasteiger partial charge in [-0.2, -0.15) is 9.78 Å². The summed E-state index contributed by atoms with van der Waals surface area (Å²) in [7, 11) is 0. The van der Waals surface area contributed by atoms with E-state index in [1.807, 2.05) is 10.7 Å². The quantitative estimate of drug-likeness (QED) is 0.467. The lowest BCUT2D eigenvalue weighted by Gasteiger charge is -2.10. The van der Waals surface area contributed by atoms with Crippen LogP contribution in [0.15, 0.2) is 53.7 Å². The van der Waals surface area contributed by atoms with Crippen molar-refractivity contribution >= 4 is 11.8 Å². The molecule has 29 heavy (non-hydrogen) atoms. The van der Waals surface area contributed by atoms with Crippen LogP contribution in [0, 0.1) is 13.8 Å². The van der Waals surface area contributed by atoms with Crippen molar-refractivity contribution in [1.82, 2.24) is 30.0 Å². The summed E-state index contributed by atoms with van der Waals surface area (Å²) < 4.78 is 3.97. The first-order valence-electron chi connectivity index (χ1n) is 9.85. The Morgan fingerprint density at radius 1 is 0.931 bits per heavy atom. The predicted octanol–water partition coefficient (Wildman–Crippen LogP) is 4.25. The Balaban J connectivity index is 1.45. The third kappa shape index (κ3) is 3.25. The minimum Gasteiger partial charge on any atom is -0.237 e. The Morgan fingerprint density at radius 2 is 1.72 bits per heavy atom. The number of tetrazole rings is 1. The smallest absolute Gasteiger partial charge is 0.214 e. The van der Waals surface area contributed by atoms with Crippen molar-refractivity contribution in [3.05, 3.63) is 76.6 Å². The molecule has 0 saturated carbocycles. The van der Waals surface area contributed by atoms with Gasteiger partial charge in [-0.15, -0.1) is 5.10 Å². The van der Waals surface area contributed by atoms with Crippen LogP contribution in [0.25, 0.3) is 11.4 Å². The van der Waals surface area contributed by atoms with Crippen LogP contribution in [0.2, 0.25) is 0 Å². The van der Waals surface area contributed by atoms with E-state index in [-0.39, 0.29) is 0 Å². The largest absolute Gasteiger partial charge is 0.237 e. The van der Waals surface area contributed by atoms with Crippen LogP contribution < -0.4 is 0 Å². The minimum absolute atomic E-state index is 0.757. The molecule has 5 rings (SSSR count). The molecule has 1 aliphatic rings. The number of thioether (sulfide) groups is 1. The first-order valence-corrected chi connectivity index (χ1v) is 10.8. The number of nitrogens with zero attached hydrogens (tertiary/aromatic N) is 6. The van der Waals surface area contributed by atoms with Gasteiger partial charge in [-0.1, -0.05) is 48.2 Å². The molecule has 0 radical (unpaired) electrons. The van der Waals surface area contributed by atoms with Crippen LogP contribution in [-0.4, -0.2) is 30.0 Å². The summed E-state index contributed by atoms with van der Waals surface area (Å²) >= 11 is 1.64. The van der Waals surface area contributed by atoms with Gasteiger partial charge in [-0.3, -0.25) is 0 Å². The topological polar surface area (TPSA) is 61.4 Å². The van der Waals surface area contributed by atoms with E-state index in [1.165, 1.54) is 17.7 Å². The number of para-hydroxylation sites is 2. The Kier molecular flexibility index (Phi) is 4.67. The molecular formula is C22H22N6S. The highest BCUT2D eigenvalue weighted by Crippen LogP contribution is 2.32. The molecule has 0 aliphatic heterocycles. The minimum atomic E-state index is 0.757. The second-order valence-electron chi connectivity index (χ2n) is 7.38. The van der Waals surface area contributed by atoms with Crippen LogP contribution in [0.3, 0.4) is 0 Å². The van der Waals surface area contributed by atoms with Gasteiger partial charge in [0.2, 0.25) is 5.16 Å². The van der Waals surface area contributed by atoms with E-state index in [1.54, 1.807) is 11.8 Å². The average Bonchev–Trinajstić information content (AvgIpc) is 3.44. The molecule has 0 amide bonds. The lowest BCUT2D eigenvalue weighted by atomic mass is 10.1. The van der Waals surface area contributed by atoms with E-state index in [0.717, 1.165) is 51.9 Å². The van der Waals surface area contributed by atoms with Gasteiger partial charge in [-0.25, -0.2) is 4.68 Å². The molecule has 4 aromatic rings. The molecule has 2 aromatic carbocycles. The fourth-order valence-electron chi connectivity index (χ4n) is 4.09. The Morgan fingerprint density at radius 3 is 2.52 bits per heavy atom. The van der Waals surface area contributed by atoms with Gasteiger partial charge in [0.1, 0.15) is 0 Å². The Labute approximate surface area is 174 Å². The highest BCUT2D eigenvalue weighted by atomic mass is 32.2. The maximum atomic E-state index is 4.96. The second-order valence-corrected chi connectivity index (χ2v) is 8.32. The summed E-state index contributed by atoms with van der Waals surface area (Å²) in [5, 5.41) is 18.2. The van der Waals surface area contributed by atoms with Gasteiger partial charge in [0.05, 0.1) is 17.1 Å². The molecular weight excluding hydrogens is 380 g/mol. The normalized spacial score (nSPS) is 13.0. The summed E-state index contributed by atoms with van der Waals surface area (Å²) in [6.07, 6.45) is 3.37. The van der Waals surface area contributed by atoms with E-state index in [9.17, 15) is 0 Å². The lowest BCUT2D eigenvalue weighted by molar-refractivity contribution is 0.746. The third-order valence-corrected chi connectivity index (χ3v) is 6.37. The SMILES string of the molecule is Cc1cccc(C)c1-n1nnnc1SCc1nn(-c2ccccc2)c2c1CCC2. The molecule has 6 nitrogen and oxygen atoms in total. The van der Waals surface area contributed by atoms with Crippen molar-refractivity contribution in [3.8, 4) is 11.4 Å². The summed E-state index contributed by atoms with van der Waals surface area (Å²) in [6, 6.07) is 16.6. The highest BCUT2D eigenvalue weighted by molar-refractivity contribution is 7.98. The number of aromatic nitrogens is 6. The lowest BCUT2D eigenvalue weighted by Crippen LogP contribution is -2.04. The van der Waals surface area contributed by atoms with E-state index in [0.29, 0.717) is 0 Å². The predicted molar refractivity (Wildman–Crippen MR) is 114 cm³/mol. The number of benzene rings is 2. The van der Waals surface area contributed by atoms with Crippen molar-refractivity contribution in [1.29, 1.82) is 0 Å². The number of hydrogen-bond donors (Lipinski definition) is 0. The standard InChI is InChI=1S/C22H22N6S/c1-15-8-6-9-16(2)21(15)28-22(23-25-26-28)29-14-19-18-12-7-13-20(18)27(24-19)17-10-4-3-5-11-17/h3-6,8-11H,7,12-14H2,1-2H3. The first kappa shape index (κ1) is 18.1. The molecule has 2 aromatic heterocycles. The van der Waals surface area contributed by atoms with E-state index in [4.69, 9.17) is 5.10 Å². The van der Waals surface area contributed by atoms with Crippen molar-refractivity contribution in [2.75, 3.05) is 0 Å². The second kappa shape index (κ2) is 7.48. The van der Waals surface area contributed by atoms with Crippen molar-refractivity contribution in [2.45, 2.75) is 44.0 Å². The molecule has 0 spiro atoms. The number of rotatable bonds is 5. The zero-order chi connectivity index (χ0) is 19.8. The Bertz CT molecular complexity index is 1140. The maximum Gasteiger partial charge on any atom is 0.214 e. The average molecular weight is 403 g/mol. The monoisotopic (exact) mass is 402 g/mol. The molecule has 0 unspecified atom stereocenters. The molecule has 0 bridgehead atoms. The van der Waals surface area contributed by atoms with Crippen LogP contribution in [0.5, 0.6) is 0 Å². The molecule has 2 heterocycles. The third-order valence-electron chi connectivity index (χ3n) is 5.44. The van der Waals surface area contributed by atoms with Crippen LogP contribution in [0.4, 0.5) is 0 Å². The van der Waals surface area contributed by atoms with Crippen LogP contribution >= 0.6 is 11.8 Å². The highest BCUT2D eigenvalue weighted by Gasteiger charge is 2.24. The van der Waals surface area contributed by atoms with Gasteiger partial charge in [-0.05, 0) is 72.4 Å². The van der Waals surface area contributed by atoms with Crippen molar-refractivity contribution in [3.63, 3.8) is 0 Å². The molecule has 146 valence electrons. The van der Waals surface area contributed by atoms with Gasteiger partial charge in [0, 0.05) is 11.4 Å². The summed E-state index contributed by atoms with van der Waals surface area (Å²) in [5.41, 5.74) is 8.39. The van der Waals surface area contributed by atoms with Crippen LogP contribution in [-0.2, 0) is 18.6 Å². The Hall–Kier alpha value is -2.93. The molecule has 7 heteroatoms. The van der Waals surface area contributed by atoms with Crippen molar-refractivity contribution in [2.24, 2.45) is 0 Å². The van der Waals surface area contributed by atoms with Gasteiger partial charge in [0.25, 0.3) is 0 Å². The van der Waals surface area contributed by atoms with E-state index >= 15 is 0 Å². The molecule has 1 aliphatic carbocycles. The molecule has 0 fully saturated rings. The first-order chi connectivity index (χ1) is 14.2. The number of hydrogen-bond acceptors (Lipinski definition) is 5. The zero-order valence-corrected chi connectivity index (χ0v) is 17.4. The fraction of sp³-hybridized carbons (Fsp3) is 0.273. The summed E-state index contributed by atoms with van der Waals surface area (Å²) in [5.74, 6) is 0.757. The summed E-state index contributed by atoms with van der Waals surface area (Å²) in [6.45, 7) is 4.18. The molecule has 0 N–H and O–H groups in total. The molecule has 0 saturated heterocycles.